The summed E-state index contributed by atoms with van der Waals surface area (Å²) in [6.45, 7) is 5.71. The normalized spacial score (nSPS) is 11.5. The molecule has 2 aromatic heterocycles. The van der Waals surface area contributed by atoms with Gasteiger partial charge in [0.2, 0.25) is 5.91 Å². The van der Waals surface area contributed by atoms with Gasteiger partial charge in [-0.3, -0.25) is 14.2 Å². The lowest BCUT2D eigenvalue weighted by Crippen LogP contribution is -2.26. The highest BCUT2D eigenvalue weighted by atomic mass is 16.6. The van der Waals surface area contributed by atoms with Crippen molar-refractivity contribution in [2.75, 3.05) is 5.32 Å². The lowest BCUT2D eigenvalue weighted by Gasteiger charge is -2.19. The topological polar surface area (TPSA) is 103 Å². The molecule has 0 unspecified atom stereocenters. The molecule has 0 spiro atoms. The van der Waals surface area contributed by atoms with Crippen molar-refractivity contribution in [1.29, 1.82) is 0 Å². The Bertz CT molecular complexity index is 1410. The van der Waals surface area contributed by atoms with Crippen LogP contribution in [0.15, 0.2) is 83.6 Å². The summed E-state index contributed by atoms with van der Waals surface area (Å²) in [5.41, 5.74) is 1.77. The number of furan rings is 1. The van der Waals surface area contributed by atoms with E-state index in [-0.39, 0.29) is 11.8 Å². The van der Waals surface area contributed by atoms with Crippen LogP contribution in [0.25, 0.3) is 17.0 Å². The van der Waals surface area contributed by atoms with Crippen LogP contribution in [0, 0.1) is 0 Å². The van der Waals surface area contributed by atoms with Gasteiger partial charge in [0.05, 0.1) is 18.3 Å². The zero-order chi connectivity index (χ0) is 25.7. The molecule has 0 aliphatic carbocycles. The van der Waals surface area contributed by atoms with Gasteiger partial charge >= 0.3 is 6.09 Å². The average Bonchev–Trinajstić information content (AvgIpc) is 3.49. The molecule has 2 N–H and O–H groups in total. The second kappa shape index (κ2) is 10.4. The third-order valence-corrected chi connectivity index (χ3v) is 5.17. The van der Waals surface area contributed by atoms with E-state index < -0.39 is 11.7 Å². The predicted molar refractivity (Wildman–Crippen MR) is 138 cm³/mol. The Morgan fingerprint density at radius 3 is 2.44 bits per heavy atom. The largest absolute Gasteiger partial charge is 0.467 e. The van der Waals surface area contributed by atoms with Crippen LogP contribution in [0.1, 0.15) is 42.5 Å². The number of benzene rings is 2. The summed E-state index contributed by atoms with van der Waals surface area (Å²) in [6, 6.07) is 17.5. The summed E-state index contributed by atoms with van der Waals surface area (Å²) in [5.74, 6) is 0.0675. The number of hydrogen-bond donors (Lipinski definition) is 2. The fourth-order valence-electron chi connectivity index (χ4n) is 3.54. The van der Waals surface area contributed by atoms with Gasteiger partial charge < -0.3 is 19.8 Å². The van der Waals surface area contributed by atoms with Gasteiger partial charge in [0.15, 0.2) is 0 Å². The van der Waals surface area contributed by atoms with Crippen molar-refractivity contribution in [3.05, 3.63) is 96.1 Å². The highest BCUT2D eigenvalue weighted by molar-refractivity contribution is 6.04. The van der Waals surface area contributed by atoms with Crippen LogP contribution in [0.5, 0.6) is 0 Å². The van der Waals surface area contributed by atoms with Crippen LogP contribution in [-0.4, -0.2) is 28.1 Å². The minimum absolute atomic E-state index is 0.245. The zero-order valence-corrected chi connectivity index (χ0v) is 20.3. The van der Waals surface area contributed by atoms with Crippen LogP contribution in [0.3, 0.4) is 0 Å². The first-order valence-electron chi connectivity index (χ1n) is 11.4. The second-order valence-electron chi connectivity index (χ2n) is 9.11. The van der Waals surface area contributed by atoms with Gasteiger partial charge in [-0.15, -0.1) is 0 Å². The first kappa shape index (κ1) is 24.5. The second-order valence-corrected chi connectivity index (χ2v) is 9.11. The first-order valence-corrected chi connectivity index (χ1v) is 11.4. The Morgan fingerprint density at radius 2 is 1.75 bits per heavy atom. The van der Waals surface area contributed by atoms with Gasteiger partial charge in [0.1, 0.15) is 11.4 Å². The molecule has 2 aromatic carbocycles. The molecule has 8 heteroatoms. The number of carbonyl (C=O) groups excluding carboxylic acids is 3. The monoisotopic (exact) mass is 485 g/mol. The predicted octanol–water partition coefficient (Wildman–Crippen LogP) is 5.60. The Morgan fingerprint density at radius 1 is 1.00 bits per heavy atom. The van der Waals surface area contributed by atoms with Crippen LogP contribution >= 0.6 is 0 Å². The first-order chi connectivity index (χ1) is 17.2. The summed E-state index contributed by atoms with van der Waals surface area (Å²) >= 11 is 0. The SMILES string of the molecule is CC(C)(C)OC(=O)n1cc(/C=C/C(=O)Nc2ccc(C(=O)NCc3ccco3)cc2)c2ccccc21. The van der Waals surface area contributed by atoms with E-state index in [4.69, 9.17) is 9.15 Å². The van der Waals surface area contributed by atoms with Gasteiger partial charge in [-0.1, -0.05) is 18.2 Å². The minimum atomic E-state index is -0.631. The van der Waals surface area contributed by atoms with E-state index in [1.807, 2.05) is 45.0 Å². The Balaban J connectivity index is 1.41. The molecule has 0 saturated carbocycles. The third kappa shape index (κ3) is 6.09. The average molecular weight is 486 g/mol. The van der Waals surface area contributed by atoms with Crippen LogP contribution < -0.4 is 10.6 Å². The van der Waals surface area contributed by atoms with Crippen molar-refractivity contribution in [3.8, 4) is 0 Å². The molecule has 36 heavy (non-hydrogen) atoms. The van der Waals surface area contributed by atoms with Crippen molar-refractivity contribution in [2.45, 2.75) is 32.9 Å². The summed E-state index contributed by atoms with van der Waals surface area (Å²) in [6.07, 6.45) is 5.75. The highest BCUT2D eigenvalue weighted by Gasteiger charge is 2.20. The fourth-order valence-corrected chi connectivity index (χ4v) is 3.54. The molecule has 0 saturated heterocycles. The third-order valence-electron chi connectivity index (χ3n) is 5.17. The van der Waals surface area contributed by atoms with Crippen LogP contribution in [0.2, 0.25) is 0 Å². The lowest BCUT2D eigenvalue weighted by molar-refractivity contribution is -0.111. The Kier molecular flexibility index (Phi) is 7.05. The quantitative estimate of drug-likeness (QED) is 0.346. The van der Waals surface area contributed by atoms with Crippen molar-refractivity contribution in [1.82, 2.24) is 9.88 Å². The highest BCUT2D eigenvalue weighted by Crippen LogP contribution is 2.24. The van der Waals surface area contributed by atoms with Gasteiger partial charge in [-0.25, -0.2) is 4.79 Å². The van der Waals surface area contributed by atoms with Crippen molar-refractivity contribution in [3.63, 3.8) is 0 Å². The summed E-state index contributed by atoms with van der Waals surface area (Å²) in [5, 5.41) is 6.36. The number of rotatable bonds is 6. The maximum Gasteiger partial charge on any atom is 0.419 e. The molecule has 0 bridgehead atoms. The van der Waals surface area contributed by atoms with Crippen LogP contribution in [-0.2, 0) is 16.1 Å². The van der Waals surface area contributed by atoms with Crippen LogP contribution in [0.4, 0.5) is 10.5 Å². The molecule has 2 amide bonds. The number of ether oxygens (including phenoxy) is 1. The standard InChI is InChI=1S/C28H27N3O5/c1-28(2,3)36-27(34)31-18-20(23-8-4-5-9-24(23)31)12-15-25(32)30-21-13-10-19(11-14-21)26(33)29-17-22-7-6-16-35-22/h4-16,18H,17H2,1-3H3,(H,29,33)(H,30,32)/b15-12+. The molecular weight excluding hydrogens is 458 g/mol. The zero-order valence-electron chi connectivity index (χ0n) is 20.3. The minimum Gasteiger partial charge on any atom is -0.467 e. The molecule has 8 nitrogen and oxygen atoms in total. The van der Waals surface area contributed by atoms with E-state index >= 15 is 0 Å². The van der Waals surface area contributed by atoms with E-state index in [1.165, 1.54) is 10.6 Å². The van der Waals surface area contributed by atoms with E-state index in [0.717, 1.165) is 5.39 Å². The molecule has 0 aliphatic heterocycles. The van der Waals surface area contributed by atoms with Crippen molar-refractivity contribution >= 4 is 40.6 Å². The maximum atomic E-state index is 12.6. The maximum absolute atomic E-state index is 12.6. The van der Waals surface area contributed by atoms with E-state index in [9.17, 15) is 14.4 Å². The van der Waals surface area contributed by atoms with Gasteiger partial charge in [-0.2, -0.15) is 0 Å². The smallest absolute Gasteiger partial charge is 0.419 e. The molecule has 0 aliphatic rings. The number of carbonyl (C=O) groups is 3. The van der Waals surface area contributed by atoms with Gasteiger partial charge in [-0.05, 0) is 69.3 Å². The number of aromatic nitrogens is 1. The number of para-hydroxylation sites is 1. The number of amides is 2. The molecule has 0 atom stereocenters. The molecule has 0 radical (unpaired) electrons. The number of nitrogens with zero attached hydrogens (tertiary/aromatic N) is 1. The number of anilines is 1. The molecule has 4 rings (SSSR count). The van der Waals surface area contributed by atoms with Gasteiger partial charge in [0, 0.05) is 34.5 Å². The molecule has 2 heterocycles. The molecule has 4 aromatic rings. The molecule has 184 valence electrons. The molecule has 0 fully saturated rings. The Labute approximate surface area is 208 Å². The molecular formula is C28H27N3O5. The number of hydrogen-bond acceptors (Lipinski definition) is 5. The lowest BCUT2D eigenvalue weighted by atomic mass is 10.1. The summed E-state index contributed by atoms with van der Waals surface area (Å²) < 4.78 is 12.1. The Hall–Kier alpha value is -4.59. The fraction of sp³-hybridized carbons (Fsp3) is 0.179. The number of nitrogens with one attached hydrogen (secondary N) is 2. The summed E-state index contributed by atoms with van der Waals surface area (Å²) in [7, 11) is 0. The van der Waals surface area contributed by atoms with Crippen molar-refractivity contribution in [2.24, 2.45) is 0 Å². The van der Waals surface area contributed by atoms with E-state index in [0.29, 0.717) is 34.6 Å². The number of fused-ring (bicyclic) bond motifs is 1. The van der Waals surface area contributed by atoms with E-state index in [2.05, 4.69) is 10.6 Å². The van der Waals surface area contributed by atoms with Crippen molar-refractivity contribution < 1.29 is 23.5 Å². The summed E-state index contributed by atoms with van der Waals surface area (Å²) in [4.78, 5) is 37.4. The van der Waals surface area contributed by atoms with Gasteiger partial charge in [0.25, 0.3) is 5.91 Å². The van der Waals surface area contributed by atoms with E-state index in [1.54, 1.807) is 54.9 Å².